The Labute approximate surface area is 385 Å². The van der Waals surface area contributed by atoms with Crippen molar-refractivity contribution in [2.45, 2.75) is 217 Å². The number of aromatic nitrogens is 2. The van der Waals surface area contributed by atoms with Gasteiger partial charge >= 0.3 is 33.3 Å². The van der Waals surface area contributed by atoms with Crippen LogP contribution in [0.2, 0.25) is 0 Å². The number of rotatable bonds is 41. The number of ether oxygens (including phenoxy) is 3. The number of nitrogens with zero attached hydrogens (tertiary/aromatic N) is 2. The molecule has 1 saturated heterocycles. The molecule has 65 heavy (non-hydrogen) atoms. The minimum Gasteiger partial charge on any atom is -0.462 e. The number of nitrogen functional groups attached to an aromatic ring is 1. The topological polar surface area (TPSA) is 286 Å². The SMILES string of the molecule is CCCCCCCCCCCCCCCC(=O)OCC(CO)OC(=O)CCCCCCCCCCCCCCCOP(=O)(OC[C@H]1O[C@@H](n2ccc(N)nc2=O)[C@@H](O)[C@@H]1O)OP(=O)(O)O. The summed E-state index contributed by atoms with van der Waals surface area (Å²) in [4.78, 5) is 58.7. The van der Waals surface area contributed by atoms with Gasteiger partial charge in [0, 0.05) is 19.0 Å². The van der Waals surface area contributed by atoms with E-state index in [9.17, 15) is 48.6 Å². The summed E-state index contributed by atoms with van der Waals surface area (Å²) in [6, 6.07) is 1.28. The molecule has 0 spiro atoms. The molecule has 1 aliphatic rings. The maximum atomic E-state index is 13.1. The average molecular weight is 970 g/mol. The Bertz CT molecular complexity index is 1580. The molecule has 0 radical (unpaired) electrons. The fraction of sp³-hybridized carbons (Fsp3) is 0.864. The van der Waals surface area contributed by atoms with E-state index >= 15 is 0 Å². The van der Waals surface area contributed by atoms with Crippen molar-refractivity contribution in [3.05, 3.63) is 22.7 Å². The van der Waals surface area contributed by atoms with Crippen molar-refractivity contribution in [2.75, 3.05) is 32.2 Å². The summed E-state index contributed by atoms with van der Waals surface area (Å²) < 4.78 is 56.1. The number of esters is 2. The first-order valence-electron chi connectivity index (χ1n) is 24.2. The van der Waals surface area contributed by atoms with Gasteiger partial charge in [-0.05, 0) is 25.3 Å². The van der Waals surface area contributed by atoms with Gasteiger partial charge < -0.3 is 45.1 Å². The van der Waals surface area contributed by atoms with Crippen molar-refractivity contribution in [3.8, 4) is 0 Å². The minimum absolute atomic E-state index is 0.0682. The lowest BCUT2D eigenvalue weighted by atomic mass is 10.0. The first kappa shape index (κ1) is 58.8. The Morgan fingerprint density at radius 2 is 1.22 bits per heavy atom. The van der Waals surface area contributed by atoms with Gasteiger partial charge in [0.1, 0.15) is 30.7 Å². The van der Waals surface area contributed by atoms with Crippen LogP contribution in [0.5, 0.6) is 0 Å². The molecule has 2 rings (SSSR count). The van der Waals surface area contributed by atoms with Crippen LogP contribution in [0.15, 0.2) is 17.1 Å². The molecule has 19 nitrogen and oxygen atoms in total. The fourth-order valence-electron chi connectivity index (χ4n) is 7.50. The second-order valence-electron chi connectivity index (χ2n) is 17.1. The van der Waals surface area contributed by atoms with Gasteiger partial charge in [0.05, 0.1) is 19.8 Å². The number of anilines is 1. The number of nitrogens with two attached hydrogens (primary N) is 1. The van der Waals surface area contributed by atoms with Crippen molar-refractivity contribution < 1.29 is 71.4 Å². The van der Waals surface area contributed by atoms with Gasteiger partial charge in [-0.2, -0.15) is 9.29 Å². The number of hydrogen-bond donors (Lipinski definition) is 6. The first-order valence-corrected chi connectivity index (χ1v) is 27.1. The summed E-state index contributed by atoms with van der Waals surface area (Å²) in [5.41, 5.74) is 4.62. The second-order valence-corrected chi connectivity index (χ2v) is 20.1. The number of phosphoric acid groups is 2. The van der Waals surface area contributed by atoms with E-state index in [1.807, 2.05) is 0 Å². The summed E-state index contributed by atoms with van der Waals surface area (Å²) in [7, 11) is -10.2. The zero-order chi connectivity index (χ0) is 47.8. The van der Waals surface area contributed by atoms with E-state index in [4.69, 9.17) is 29.0 Å². The summed E-state index contributed by atoms with van der Waals surface area (Å²) in [6.07, 6.45) is 23.0. The van der Waals surface area contributed by atoms with Crippen LogP contribution in [-0.4, -0.2) is 97.4 Å². The van der Waals surface area contributed by atoms with Crippen molar-refractivity contribution >= 4 is 33.4 Å². The lowest BCUT2D eigenvalue weighted by Gasteiger charge is -2.21. The van der Waals surface area contributed by atoms with Crippen LogP contribution >= 0.6 is 15.6 Å². The summed E-state index contributed by atoms with van der Waals surface area (Å²) in [5.74, 6) is -0.792. The number of aliphatic hydroxyl groups is 3. The molecule has 378 valence electrons. The predicted octanol–water partition coefficient (Wildman–Crippen LogP) is 8.09. The molecule has 1 fully saturated rings. The second kappa shape index (κ2) is 34.9. The van der Waals surface area contributed by atoms with Gasteiger partial charge in [0.2, 0.25) is 0 Å². The van der Waals surface area contributed by atoms with E-state index in [1.165, 1.54) is 76.5 Å². The maximum Gasteiger partial charge on any atom is 0.483 e. The summed E-state index contributed by atoms with van der Waals surface area (Å²) >= 11 is 0. The van der Waals surface area contributed by atoms with Gasteiger partial charge in [0.15, 0.2) is 12.3 Å². The third-order valence-electron chi connectivity index (χ3n) is 11.3. The Morgan fingerprint density at radius 1 is 0.738 bits per heavy atom. The van der Waals surface area contributed by atoms with Crippen LogP contribution in [-0.2, 0) is 46.3 Å². The van der Waals surface area contributed by atoms with E-state index in [-0.39, 0.29) is 31.4 Å². The molecule has 2 unspecified atom stereocenters. The third-order valence-corrected chi connectivity index (χ3v) is 13.9. The minimum atomic E-state index is -5.33. The van der Waals surface area contributed by atoms with Crippen LogP contribution < -0.4 is 11.4 Å². The van der Waals surface area contributed by atoms with Crippen LogP contribution in [0.4, 0.5) is 5.82 Å². The van der Waals surface area contributed by atoms with Crippen LogP contribution in [0.3, 0.4) is 0 Å². The zero-order valence-electron chi connectivity index (χ0n) is 38.8. The van der Waals surface area contributed by atoms with Gasteiger partial charge in [0.25, 0.3) is 0 Å². The summed E-state index contributed by atoms with van der Waals surface area (Å²) in [5, 5.41) is 30.4. The van der Waals surface area contributed by atoms with Crippen LogP contribution in [0.1, 0.15) is 193 Å². The molecule has 21 heteroatoms. The molecule has 0 saturated carbocycles. The molecule has 0 amide bonds. The maximum absolute atomic E-state index is 13.1. The Morgan fingerprint density at radius 3 is 1.69 bits per heavy atom. The van der Waals surface area contributed by atoms with E-state index in [2.05, 4.69) is 16.2 Å². The van der Waals surface area contributed by atoms with E-state index in [1.54, 1.807) is 0 Å². The first-order chi connectivity index (χ1) is 31.2. The molecule has 1 aliphatic heterocycles. The Kier molecular flexibility index (Phi) is 31.6. The highest BCUT2D eigenvalue weighted by atomic mass is 31.3. The number of carbonyl (C=O) groups is 2. The number of carbonyl (C=O) groups excluding carboxylic acids is 2. The molecule has 0 aliphatic carbocycles. The van der Waals surface area contributed by atoms with E-state index in [0.717, 1.165) is 88.0 Å². The number of phosphoric ester groups is 1. The molecule has 0 aromatic carbocycles. The normalized spacial score (nSPS) is 19.0. The highest BCUT2D eigenvalue weighted by molar-refractivity contribution is 7.61. The molecule has 1 aromatic rings. The number of unbranched alkanes of at least 4 members (excludes halogenated alkanes) is 24. The van der Waals surface area contributed by atoms with Gasteiger partial charge in [-0.15, -0.1) is 0 Å². The largest absolute Gasteiger partial charge is 0.483 e. The standard InChI is InChI=1S/C44H81N3O16P2/c1-2-3-4-5-6-7-8-10-13-16-19-22-25-28-39(49)58-34-36(33-48)61-40(50)29-26-23-20-17-14-11-9-12-15-18-21-24-27-32-59-65(57,63-64(54,55)56)60-35-37-41(51)42(52)43(62-37)47-31-30-38(45)46-44(47)53/h30-31,36-37,41-43,48,51-52H,2-29,32-35H2,1H3,(H2,45,46,53)(H2,54,55,56)/t36?,37-,41-,42+,43-,65?/m1/s1. The monoisotopic (exact) mass is 970 g/mol. The lowest BCUT2D eigenvalue weighted by Crippen LogP contribution is -2.36. The van der Waals surface area contributed by atoms with Crippen molar-refractivity contribution in [1.29, 1.82) is 0 Å². The Hall–Kier alpha value is -2.28. The molecule has 1 aromatic heterocycles. The van der Waals surface area contributed by atoms with E-state index in [0.29, 0.717) is 25.7 Å². The molecule has 2 heterocycles. The Balaban J connectivity index is 1.43. The number of hydrogen-bond acceptors (Lipinski definition) is 16. The van der Waals surface area contributed by atoms with Crippen LogP contribution in [0, 0.1) is 0 Å². The van der Waals surface area contributed by atoms with Crippen LogP contribution in [0.25, 0.3) is 0 Å². The van der Waals surface area contributed by atoms with Crippen molar-refractivity contribution in [2.24, 2.45) is 0 Å². The van der Waals surface area contributed by atoms with Gasteiger partial charge in [-0.1, -0.05) is 155 Å². The molecule has 7 N–H and O–H groups in total. The zero-order valence-corrected chi connectivity index (χ0v) is 40.6. The average Bonchev–Trinajstić information content (AvgIpc) is 3.53. The number of aliphatic hydroxyl groups excluding tert-OH is 3. The van der Waals surface area contributed by atoms with Gasteiger partial charge in [-0.25, -0.2) is 13.9 Å². The lowest BCUT2D eigenvalue weighted by molar-refractivity contribution is -0.161. The van der Waals surface area contributed by atoms with Crippen molar-refractivity contribution in [3.63, 3.8) is 0 Å². The highest BCUT2D eigenvalue weighted by Gasteiger charge is 2.46. The summed E-state index contributed by atoms with van der Waals surface area (Å²) in [6.45, 7) is 0.767. The molecule has 0 bridgehead atoms. The van der Waals surface area contributed by atoms with Gasteiger partial charge in [-0.3, -0.25) is 23.2 Å². The quantitative estimate of drug-likeness (QED) is 0.0205. The molecular weight excluding hydrogens is 888 g/mol. The highest BCUT2D eigenvalue weighted by Crippen LogP contribution is 2.61. The third kappa shape index (κ3) is 28.0. The van der Waals surface area contributed by atoms with E-state index < -0.39 is 71.2 Å². The molecule has 6 atom stereocenters. The van der Waals surface area contributed by atoms with Crippen molar-refractivity contribution in [1.82, 2.24) is 9.55 Å². The predicted molar refractivity (Wildman–Crippen MR) is 244 cm³/mol. The molecular formula is C44H81N3O16P2. The smallest absolute Gasteiger partial charge is 0.462 e. The fourth-order valence-corrected chi connectivity index (χ4v) is 9.68.